The second-order valence-electron chi connectivity index (χ2n) is 7.69. The average Bonchev–Trinajstić information content (AvgIpc) is 2.63. The molecule has 2 amide bonds. The van der Waals surface area contributed by atoms with Gasteiger partial charge in [-0.25, -0.2) is 8.78 Å². The summed E-state index contributed by atoms with van der Waals surface area (Å²) in [5, 5.41) is 5.83. The highest BCUT2D eigenvalue weighted by molar-refractivity contribution is 5.96. The van der Waals surface area contributed by atoms with Crippen LogP contribution in [0.15, 0.2) is 42.5 Å². The van der Waals surface area contributed by atoms with E-state index >= 15 is 0 Å². The molecule has 1 aliphatic carbocycles. The summed E-state index contributed by atoms with van der Waals surface area (Å²) in [6, 6.07) is 11.1. The molecule has 6 heteroatoms. The van der Waals surface area contributed by atoms with E-state index in [-0.39, 0.29) is 24.2 Å². The molecule has 0 bridgehead atoms. The predicted octanol–water partition coefficient (Wildman–Crippen LogP) is 4.05. The summed E-state index contributed by atoms with van der Waals surface area (Å²) in [5.74, 6) is -1.82. The first-order valence-electron chi connectivity index (χ1n) is 9.62. The van der Waals surface area contributed by atoms with Gasteiger partial charge in [-0.2, -0.15) is 0 Å². The van der Waals surface area contributed by atoms with Crippen LogP contribution in [-0.2, 0) is 21.5 Å². The smallest absolute Gasteiger partial charge is 0.227 e. The van der Waals surface area contributed by atoms with Gasteiger partial charge in [-0.05, 0) is 49.8 Å². The number of halogens is 2. The van der Waals surface area contributed by atoms with E-state index in [2.05, 4.69) is 10.6 Å². The third-order valence-electron chi connectivity index (χ3n) is 5.86. The zero-order valence-corrected chi connectivity index (χ0v) is 15.4. The third-order valence-corrected chi connectivity index (χ3v) is 5.86. The summed E-state index contributed by atoms with van der Waals surface area (Å²) in [6.07, 6.45) is 3.34. The Labute approximate surface area is 162 Å². The molecule has 2 aromatic rings. The highest BCUT2D eigenvalue weighted by Crippen LogP contribution is 2.42. The number of hydrogen-bond acceptors (Lipinski definition) is 2. The topological polar surface area (TPSA) is 58.2 Å². The van der Waals surface area contributed by atoms with Crippen LogP contribution in [0.25, 0.3) is 0 Å². The van der Waals surface area contributed by atoms with Crippen molar-refractivity contribution in [3.05, 3.63) is 65.2 Å². The molecule has 0 spiro atoms. The maximum absolute atomic E-state index is 14.2. The minimum absolute atomic E-state index is 0.0746. The van der Waals surface area contributed by atoms with Gasteiger partial charge in [-0.3, -0.25) is 9.59 Å². The summed E-state index contributed by atoms with van der Waals surface area (Å²) in [6.45, 7) is 0. The Morgan fingerprint density at radius 3 is 2.68 bits per heavy atom. The summed E-state index contributed by atoms with van der Waals surface area (Å²) in [4.78, 5) is 24.9. The van der Waals surface area contributed by atoms with E-state index in [9.17, 15) is 18.4 Å². The van der Waals surface area contributed by atoms with Crippen LogP contribution in [0.4, 0.5) is 14.5 Å². The first-order chi connectivity index (χ1) is 13.5. The van der Waals surface area contributed by atoms with Crippen molar-refractivity contribution in [3.63, 3.8) is 0 Å². The number of hydrogen-bond donors (Lipinski definition) is 2. The van der Waals surface area contributed by atoms with Crippen molar-refractivity contribution < 1.29 is 18.4 Å². The molecular weight excluding hydrogens is 362 g/mol. The van der Waals surface area contributed by atoms with Crippen LogP contribution in [0.2, 0.25) is 0 Å². The minimum atomic E-state index is -0.768. The molecule has 1 fully saturated rings. The molecule has 1 aliphatic heterocycles. The molecule has 4 rings (SSSR count). The monoisotopic (exact) mass is 384 g/mol. The fraction of sp³-hybridized carbons (Fsp3) is 0.364. The number of fused-ring (bicyclic) bond motifs is 1. The Morgan fingerprint density at radius 1 is 1.18 bits per heavy atom. The minimum Gasteiger partial charge on any atom is -0.346 e. The number of carbonyl (C=O) groups is 2. The Kier molecular flexibility index (Phi) is 4.87. The van der Waals surface area contributed by atoms with Crippen molar-refractivity contribution in [2.45, 2.75) is 44.1 Å². The predicted molar refractivity (Wildman–Crippen MR) is 102 cm³/mol. The molecule has 2 N–H and O–H groups in total. The van der Waals surface area contributed by atoms with E-state index in [1.807, 2.05) is 24.3 Å². The van der Waals surface area contributed by atoms with E-state index in [1.165, 1.54) is 12.1 Å². The number of anilines is 1. The Balaban J connectivity index is 1.40. The molecule has 1 saturated carbocycles. The van der Waals surface area contributed by atoms with Gasteiger partial charge in [0, 0.05) is 29.7 Å². The second kappa shape index (κ2) is 7.34. The number of carbonyl (C=O) groups excluding carboxylic acids is 2. The highest BCUT2D eigenvalue weighted by atomic mass is 19.1. The summed E-state index contributed by atoms with van der Waals surface area (Å²) in [5.41, 5.74) is 1.46. The Hall–Kier alpha value is -2.76. The quantitative estimate of drug-likeness (QED) is 0.817. The SMILES string of the molecule is O=C(CCC1Cc2ccccc2NC1=O)NC1(c2ccc(F)cc2F)CCC1. The molecule has 2 aromatic carbocycles. The summed E-state index contributed by atoms with van der Waals surface area (Å²) >= 11 is 0. The van der Waals surface area contributed by atoms with Crippen LogP contribution in [0, 0.1) is 17.6 Å². The lowest BCUT2D eigenvalue weighted by Crippen LogP contribution is -2.51. The van der Waals surface area contributed by atoms with Crippen LogP contribution in [-0.4, -0.2) is 11.8 Å². The van der Waals surface area contributed by atoms with Gasteiger partial charge in [0.1, 0.15) is 11.6 Å². The first kappa shape index (κ1) is 18.6. The second-order valence-corrected chi connectivity index (χ2v) is 7.69. The van der Waals surface area contributed by atoms with Crippen LogP contribution in [0.3, 0.4) is 0 Å². The number of amides is 2. The van der Waals surface area contributed by atoms with Crippen molar-refractivity contribution in [1.82, 2.24) is 5.32 Å². The molecule has 0 saturated heterocycles. The van der Waals surface area contributed by atoms with Crippen LogP contribution in [0.1, 0.15) is 43.2 Å². The van der Waals surface area contributed by atoms with E-state index in [0.29, 0.717) is 31.2 Å². The molecule has 1 unspecified atom stereocenters. The lowest BCUT2D eigenvalue weighted by atomic mass is 9.71. The van der Waals surface area contributed by atoms with Crippen molar-refractivity contribution in [3.8, 4) is 0 Å². The van der Waals surface area contributed by atoms with Crippen LogP contribution >= 0.6 is 0 Å². The molecule has 2 aliphatic rings. The molecule has 1 heterocycles. The zero-order chi connectivity index (χ0) is 19.7. The summed E-state index contributed by atoms with van der Waals surface area (Å²) < 4.78 is 27.5. The van der Waals surface area contributed by atoms with Gasteiger partial charge in [0.2, 0.25) is 11.8 Å². The van der Waals surface area contributed by atoms with E-state index in [0.717, 1.165) is 23.7 Å². The van der Waals surface area contributed by atoms with Crippen LogP contribution < -0.4 is 10.6 Å². The lowest BCUT2D eigenvalue weighted by Gasteiger charge is -2.43. The van der Waals surface area contributed by atoms with E-state index < -0.39 is 17.2 Å². The van der Waals surface area contributed by atoms with Gasteiger partial charge in [-0.15, -0.1) is 0 Å². The van der Waals surface area contributed by atoms with Gasteiger partial charge in [-0.1, -0.05) is 24.3 Å². The number of nitrogens with one attached hydrogen (secondary N) is 2. The summed E-state index contributed by atoms with van der Waals surface area (Å²) in [7, 11) is 0. The number of benzene rings is 2. The third kappa shape index (κ3) is 3.51. The normalized spacial score (nSPS) is 19.9. The zero-order valence-electron chi connectivity index (χ0n) is 15.4. The number of para-hydroxylation sites is 1. The molecule has 0 aromatic heterocycles. The standard InChI is InChI=1S/C22H22F2N2O2/c23-16-7-8-17(18(24)13-16)22(10-3-11-22)26-20(27)9-6-15-12-14-4-1-2-5-19(14)25-21(15)28/h1-2,4-5,7-8,13,15H,3,6,9-12H2,(H,25,28)(H,26,27). The fourth-order valence-corrected chi connectivity index (χ4v) is 4.15. The van der Waals surface area contributed by atoms with Crippen LogP contribution in [0.5, 0.6) is 0 Å². The largest absolute Gasteiger partial charge is 0.346 e. The van der Waals surface area contributed by atoms with Crippen molar-refractivity contribution in [2.24, 2.45) is 5.92 Å². The molecule has 28 heavy (non-hydrogen) atoms. The molecule has 146 valence electrons. The van der Waals surface area contributed by atoms with Crippen molar-refractivity contribution in [2.75, 3.05) is 5.32 Å². The fourth-order valence-electron chi connectivity index (χ4n) is 4.15. The highest BCUT2D eigenvalue weighted by Gasteiger charge is 2.42. The molecule has 0 radical (unpaired) electrons. The Morgan fingerprint density at radius 2 is 1.96 bits per heavy atom. The molecule has 4 nitrogen and oxygen atoms in total. The molecule has 1 atom stereocenters. The van der Waals surface area contributed by atoms with Gasteiger partial charge < -0.3 is 10.6 Å². The van der Waals surface area contributed by atoms with Gasteiger partial charge in [0.25, 0.3) is 0 Å². The first-order valence-corrected chi connectivity index (χ1v) is 9.62. The van der Waals surface area contributed by atoms with Crippen molar-refractivity contribution in [1.29, 1.82) is 0 Å². The van der Waals surface area contributed by atoms with Gasteiger partial charge >= 0.3 is 0 Å². The Bertz CT molecular complexity index is 925. The average molecular weight is 384 g/mol. The molecular formula is C22H22F2N2O2. The van der Waals surface area contributed by atoms with E-state index in [4.69, 9.17) is 0 Å². The maximum atomic E-state index is 14.2. The van der Waals surface area contributed by atoms with Gasteiger partial charge in [0.05, 0.1) is 5.54 Å². The van der Waals surface area contributed by atoms with E-state index in [1.54, 1.807) is 0 Å². The number of rotatable bonds is 5. The van der Waals surface area contributed by atoms with Crippen molar-refractivity contribution >= 4 is 17.5 Å². The van der Waals surface area contributed by atoms with Gasteiger partial charge in [0.15, 0.2) is 0 Å². The lowest BCUT2D eigenvalue weighted by molar-refractivity contribution is -0.125. The maximum Gasteiger partial charge on any atom is 0.227 e.